The van der Waals surface area contributed by atoms with Crippen LogP contribution in [0.25, 0.3) is 0 Å². The normalized spacial score (nSPS) is 12.8. The molecular weight excluding hydrogens is 208 g/mol. The van der Waals surface area contributed by atoms with E-state index in [0.29, 0.717) is 24.0 Å². The first kappa shape index (κ1) is 12.7. The zero-order chi connectivity index (χ0) is 12.1. The summed E-state index contributed by atoms with van der Waals surface area (Å²) in [6.45, 7) is 6.37. The maximum atomic E-state index is 11.7. The summed E-state index contributed by atoms with van der Waals surface area (Å²) < 4.78 is 9.81. The third-order valence-corrected chi connectivity index (χ3v) is 2.44. The molecule has 1 unspecified atom stereocenters. The van der Waals surface area contributed by atoms with Crippen LogP contribution in [0.2, 0.25) is 0 Å². The van der Waals surface area contributed by atoms with Crippen LogP contribution in [0.15, 0.2) is 10.6 Å². The molecule has 0 aliphatic rings. The van der Waals surface area contributed by atoms with E-state index in [-0.39, 0.29) is 11.9 Å². The molecule has 0 saturated carbocycles. The quantitative estimate of drug-likeness (QED) is 0.828. The fourth-order valence-electron chi connectivity index (χ4n) is 1.08. The molecule has 0 bridgehead atoms. The summed E-state index contributed by atoms with van der Waals surface area (Å²) in [5.74, 6) is 0.714. The number of nitrogens with zero attached hydrogens (tertiary/aromatic N) is 1. The second-order valence-corrected chi connectivity index (χ2v) is 4.12. The highest BCUT2D eigenvalue weighted by molar-refractivity contribution is 5.92. The van der Waals surface area contributed by atoms with Gasteiger partial charge in [0.1, 0.15) is 6.61 Å². The number of amides is 1. The summed E-state index contributed by atoms with van der Waals surface area (Å²) in [5, 5.41) is 6.53. The summed E-state index contributed by atoms with van der Waals surface area (Å²) in [5.41, 5.74) is 0.291. The van der Waals surface area contributed by atoms with Crippen LogP contribution in [0.5, 0.6) is 0 Å². The van der Waals surface area contributed by atoms with Crippen molar-refractivity contribution < 1.29 is 14.1 Å². The van der Waals surface area contributed by atoms with Gasteiger partial charge in [0.2, 0.25) is 0 Å². The van der Waals surface area contributed by atoms with Crippen molar-refractivity contribution in [1.82, 2.24) is 10.5 Å². The van der Waals surface area contributed by atoms with Crippen molar-refractivity contribution >= 4 is 5.91 Å². The number of methoxy groups -OCH3 is 1. The fraction of sp³-hybridized carbons (Fsp3) is 0.636. The molecule has 90 valence electrons. The first-order valence-electron chi connectivity index (χ1n) is 5.30. The smallest absolute Gasteiger partial charge is 0.273 e. The Morgan fingerprint density at radius 1 is 1.56 bits per heavy atom. The number of hydrogen-bond acceptors (Lipinski definition) is 4. The first-order valence-corrected chi connectivity index (χ1v) is 5.30. The third kappa shape index (κ3) is 3.34. The fourth-order valence-corrected chi connectivity index (χ4v) is 1.08. The molecule has 1 heterocycles. The van der Waals surface area contributed by atoms with Gasteiger partial charge in [0.05, 0.1) is 0 Å². The van der Waals surface area contributed by atoms with Crippen LogP contribution in [-0.4, -0.2) is 24.2 Å². The van der Waals surface area contributed by atoms with Crippen LogP contribution in [0, 0.1) is 5.92 Å². The van der Waals surface area contributed by atoms with Gasteiger partial charge in [0.15, 0.2) is 11.5 Å². The molecule has 0 aromatic carbocycles. The molecule has 0 radical (unpaired) electrons. The molecule has 0 aliphatic carbocycles. The van der Waals surface area contributed by atoms with Crippen molar-refractivity contribution in [2.24, 2.45) is 5.92 Å². The van der Waals surface area contributed by atoms with E-state index < -0.39 is 0 Å². The Bertz CT molecular complexity index is 347. The summed E-state index contributed by atoms with van der Waals surface area (Å²) in [4.78, 5) is 11.7. The van der Waals surface area contributed by atoms with Crippen LogP contribution in [0.1, 0.15) is 37.0 Å². The third-order valence-electron chi connectivity index (χ3n) is 2.44. The number of rotatable bonds is 5. The lowest BCUT2D eigenvalue weighted by molar-refractivity contribution is 0.0920. The number of carbonyl (C=O) groups excluding carboxylic acids is 1. The highest BCUT2D eigenvalue weighted by Crippen LogP contribution is 2.06. The van der Waals surface area contributed by atoms with Crippen LogP contribution < -0.4 is 5.32 Å². The number of carbonyl (C=O) groups is 1. The Morgan fingerprint density at radius 3 is 2.81 bits per heavy atom. The van der Waals surface area contributed by atoms with E-state index in [4.69, 9.17) is 9.26 Å². The van der Waals surface area contributed by atoms with Gasteiger partial charge >= 0.3 is 0 Å². The lowest BCUT2D eigenvalue weighted by Gasteiger charge is -2.16. The highest BCUT2D eigenvalue weighted by atomic mass is 16.5. The molecule has 16 heavy (non-hydrogen) atoms. The lowest BCUT2D eigenvalue weighted by Crippen LogP contribution is -2.36. The van der Waals surface area contributed by atoms with Gasteiger partial charge in [-0.25, -0.2) is 0 Å². The minimum Gasteiger partial charge on any atom is -0.377 e. The van der Waals surface area contributed by atoms with Crippen LogP contribution in [0.4, 0.5) is 0 Å². The van der Waals surface area contributed by atoms with Crippen molar-refractivity contribution in [2.45, 2.75) is 33.4 Å². The molecule has 0 aliphatic heterocycles. The number of nitrogens with one attached hydrogen (secondary N) is 1. The van der Waals surface area contributed by atoms with Crippen molar-refractivity contribution in [3.05, 3.63) is 17.5 Å². The predicted octanol–water partition coefficient (Wildman–Crippen LogP) is 1.60. The van der Waals surface area contributed by atoms with E-state index >= 15 is 0 Å². The molecule has 1 N–H and O–H groups in total. The Hall–Kier alpha value is -1.36. The number of hydrogen-bond donors (Lipinski definition) is 1. The van der Waals surface area contributed by atoms with Gasteiger partial charge < -0.3 is 14.6 Å². The van der Waals surface area contributed by atoms with Crippen LogP contribution in [-0.2, 0) is 11.3 Å². The Morgan fingerprint density at radius 2 is 2.25 bits per heavy atom. The van der Waals surface area contributed by atoms with Gasteiger partial charge in [-0.05, 0) is 12.8 Å². The molecule has 1 amide bonds. The van der Waals surface area contributed by atoms with Gasteiger partial charge in [-0.3, -0.25) is 4.79 Å². The summed E-state index contributed by atoms with van der Waals surface area (Å²) in [7, 11) is 1.56. The molecule has 1 aromatic heterocycles. The van der Waals surface area contributed by atoms with Gasteiger partial charge in [-0.1, -0.05) is 19.0 Å². The number of aromatic nitrogens is 1. The second-order valence-electron chi connectivity index (χ2n) is 4.12. The average Bonchev–Trinajstić information content (AvgIpc) is 2.66. The molecule has 1 rings (SSSR count). The van der Waals surface area contributed by atoms with E-state index in [1.165, 1.54) is 0 Å². The Labute approximate surface area is 95.1 Å². The van der Waals surface area contributed by atoms with Crippen molar-refractivity contribution in [3.8, 4) is 0 Å². The molecule has 0 saturated heterocycles. The van der Waals surface area contributed by atoms with Crippen LogP contribution >= 0.6 is 0 Å². The molecule has 1 aromatic rings. The largest absolute Gasteiger partial charge is 0.377 e. The summed E-state index contributed by atoms with van der Waals surface area (Å²) in [6.07, 6.45) is 0. The monoisotopic (exact) mass is 226 g/mol. The number of ether oxygens (including phenoxy) is 1. The van der Waals surface area contributed by atoms with Crippen molar-refractivity contribution in [1.29, 1.82) is 0 Å². The zero-order valence-electron chi connectivity index (χ0n) is 10.1. The predicted molar refractivity (Wildman–Crippen MR) is 59.0 cm³/mol. The van der Waals surface area contributed by atoms with Gasteiger partial charge in [-0.2, -0.15) is 0 Å². The summed E-state index contributed by atoms with van der Waals surface area (Å²) in [6, 6.07) is 1.70. The van der Waals surface area contributed by atoms with Crippen molar-refractivity contribution in [2.75, 3.05) is 7.11 Å². The Balaban J connectivity index is 2.59. The second kappa shape index (κ2) is 5.65. The van der Waals surface area contributed by atoms with E-state index in [2.05, 4.69) is 10.5 Å². The topological polar surface area (TPSA) is 64.4 Å². The van der Waals surface area contributed by atoms with Crippen molar-refractivity contribution in [3.63, 3.8) is 0 Å². The lowest BCUT2D eigenvalue weighted by atomic mass is 10.1. The van der Waals surface area contributed by atoms with E-state index in [9.17, 15) is 4.79 Å². The van der Waals surface area contributed by atoms with E-state index in [1.807, 2.05) is 20.8 Å². The van der Waals surface area contributed by atoms with E-state index in [1.54, 1.807) is 13.2 Å². The Kier molecular flexibility index (Phi) is 4.49. The van der Waals surface area contributed by atoms with Gasteiger partial charge in [0.25, 0.3) is 5.91 Å². The SMILES string of the molecule is COCc1cc(C(=O)NC(C)C(C)C)no1. The van der Waals surface area contributed by atoms with Crippen LogP contribution in [0.3, 0.4) is 0 Å². The standard InChI is InChI=1S/C11H18N2O3/c1-7(2)8(3)12-11(14)10-5-9(6-15-4)16-13-10/h5,7-8H,6H2,1-4H3,(H,12,14). The van der Waals surface area contributed by atoms with E-state index in [0.717, 1.165) is 0 Å². The minimum absolute atomic E-state index is 0.107. The first-order chi connectivity index (χ1) is 7.54. The minimum atomic E-state index is -0.215. The molecule has 5 heteroatoms. The summed E-state index contributed by atoms with van der Waals surface area (Å²) >= 11 is 0. The maximum Gasteiger partial charge on any atom is 0.273 e. The van der Waals surface area contributed by atoms with Gasteiger partial charge in [0, 0.05) is 19.2 Å². The maximum absolute atomic E-state index is 11.7. The molecule has 5 nitrogen and oxygen atoms in total. The molecule has 1 atom stereocenters. The average molecular weight is 226 g/mol. The highest BCUT2D eigenvalue weighted by Gasteiger charge is 2.16. The molecular formula is C11H18N2O3. The zero-order valence-corrected chi connectivity index (χ0v) is 10.1. The molecule has 0 spiro atoms. The molecule has 0 fully saturated rings. The van der Waals surface area contributed by atoms with Gasteiger partial charge in [-0.15, -0.1) is 0 Å².